The molecule has 0 saturated heterocycles. The molecule has 0 aliphatic heterocycles. The zero-order valence-electron chi connectivity index (χ0n) is 12.0. The number of nitrogen functional groups attached to an aromatic ring is 1. The highest BCUT2D eigenvalue weighted by Gasteiger charge is 2.10. The number of nitrogens with zero attached hydrogens (tertiary/aromatic N) is 3. The minimum absolute atomic E-state index is 0.651. The van der Waals surface area contributed by atoms with Crippen LogP contribution in [0.1, 0.15) is 35.4 Å². The van der Waals surface area contributed by atoms with Gasteiger partial charge in [0.15, 0.2) is 0 Å². The fourth-order valence-electron chi connectivity index (χ4n) is 1.87. The Hall–Kier alpha value is -1.73. The molecule has 20 heavy (non-hydrogen) atoms. The molecule has 0 amide bonds. The van der Waals surface area contributed by atoms with E-state index in [0.29, 0.717) is 12.4 Å². The normalized spacial score (nSPS) is 10.6. The summed E-state index contributed by atoms with van der Waals surface area (Å²) < 4.78 is 0. The van der Waals surface area contributed by atoms with Crippen LogP contribution in [0.2, 0.25) is 0 Å². The predicted octanol–water partition coefficient (Wildman–Crippen LogP) is 2.40. The second-order valence-electron chi connectivity index (χ2n) is 4.57. The molecule has 0 unspecified atom stereocenters. The van der Waals surface area contributed by atoms with Gasteiger partial charge in [0.05, 0.1) is 17.2 Å². The first-order valence-corrected chi connectivity index (χ1v) is 7.51. The molecular weight excluding hydrogens is 272 g/mol. The summed E-state index contributed by atoms with van der Waals surface area (Å²) in [5.41, 5.74) is 4.57. The minimum Gasteiger partial charge on any atom is -0.364 e. The standard InChI is InChI=1S/C13H20N6S/c1-4-5-11-17-12(8(2)13(18-11)19-14)15-6-10-7-20-9(3)16-10/h7H,4-6,14H2,1-3H3,(H2,15,17,18,19). The molecule has 2 aromatic rings. The Balaban J connectivity index is 2.18. The van der Waals surface area contributed by atoms with E-state index in [1.807, 2.05) is 19.2 Å². The topological polar surface area (TPSA) is 88.8 Å². The van der Waals surface area contributed by atoms with E-state index in [1.165, 1.54) is 0 Å². The highest BCUT2D eigenvalue weighted by molar-refractivity contribution is 7.09. The van der Waals surface area contributed by atoms with Crippen molar-refractivity contribution in [3.8, 4) is 0 Å². The maximum atomic E-state index is 5.52. The molecule has 0 saturated carbocycles. The minimum atomic E-state index is 0.651. The van der Waals surface area contributed by atoms with Crippen LogP contribution in [-0.4, -0.2) is 15.0 Å². The van der Waals surface area contributed by atoms with Gasteiger partial charge in [0.1, 0.15) is 17.5 Å². The Morgan fingerprint density at radius 3 is 2.55 bits per heavy atom. The monoisotopic (exact) mass is 292 g/mol. The van der Waals surface area contributed by atoms with Crippen LogP contribution in [0.15, 0.2) is 5.38 Å². The van der Waals surface area contributed by atoms with E-state index >= 15 is 0 Å². The fourth-order valence-corrected chi connectivity index (χ4v) is 2.49. The zero-order chi connectivity index (χ0) is 14.5. The van der Waals surface area contributed by atoms with Gasteiger partial charge in [-0.2, -0.15) is 0 Å². The van der Waals surface area contributed by atoms with E-state index < -0.39 is 0 Å². The van der Waals surface area contributed by atoms with Crippen molar-refractivity contribution in [1.82, 2.24) is 15.0 Å². The van der Waals surface area contributed by atoms with Crippen LogP contribution in [0.3, 0.4) is 0 Å². The summed E-state index contributed by atoms with van der Waals surface area (Å²) in [7, 11) is 0. The molecule has 0 aliphatic rings. The number of aromatic nitrogens is 3. The van der Waals surface area contributed by atoms with Gasteiger partial charge in [0, 0.05) is 17.4 Å². The number of hydrogen-bond acceptors (Lipinski definition) is 7. The third kappa shape index (κ3) is 3.43. The first-order chi connectivity index (χ1) is 9.63. The SMILES string of the molecule is CCCc1nc(NN)c(C)c(NCc2csc(C)n2)n1. The summed E-state index contributed by atoms with van der Waals surface area (Å²) in [6.07, 6.45) is 1.83. The molecule has 0 fully saturated rings. The van der Waals surface area contributed by atoms with E-state index in [-0.39, 0.29) is 0 Å². The van der Waals surface area contributed by atoms with Crippen molar-refractivity contribution in [3.63, 3.8) is 0 Å². The van der Waals surface area contributed by atoms with Crippen molar-refractivity contribution in [2.24, 2.45) is 5.84 Å². The summed E-state index contributed by atoms with van der Waals surface area (Å²) in [5.74, 6) is 7.79. The van der Waals surface area contributed by atoms with Crippen LogP contribution in [0.25, 0.3) is 0 Å². The summed E-state index contributed by atoms with van der Waals surface area (Å²) in [6, 6.07) is 0. The molecule has 0 radical (unpaired) electrons. The molecule has 6 nitrogen and oxygen atoms in total. The molecule has 0 bridgehead atoms. The summed E-state index contributed by atoms with van der Waals surface area (Å²) in [6.45, 7) is 6.70. The van der Waals surface area contributed by atoms with E-state index in [1.54, 1.807) is 11.3 Å². The lowest BCUT2D eigenvalue weighted by molar-refractivity contribution is 0.829. The number of nitrogens with one attached hydrogen (secondary N) is 2. The smallest absolute Gasteiger partial charge is 0.148 e. The molecular formula is C13H20N6S. The van der Waals surface area contributed by atoms with Gasteiger partial charge in [-0.05, 0) is 20.3 Å². The van der Waals surface area contributed by atoms with Gasteiger partial charge in [-0.1, -0.05) is 6.92 Å². The third-order valence-corrected chi connectivity index (χ3v) is 3.73. The quantitative estimate of drug-likeness (QED) is 0.559. The summed E-state index contributed by atoms with van der Waals surface area (Å²) in [4.78, 5) is 13.4. The highest BCUT2D eigenvalue weighted by atomic mass is 32.1. The van der Waals surface area contributed by atoms with Gasteiger partial charge in [-0.3, -0.25) is 0 Å². The Bertz CT molecular complexity index is 580. The van der Waals surface area contributed by atoms with E-state index in [0.717, 1.165) is 40.7 Å². The van der Waals surface area contributed by atoms with Crippen LogP contribution < -0.4 is 16.6 Å². The number of nitrogens with two attached hydrogens (primary N) is 1. The molecule has 2 rings (SSSR count). The molecule has 7 heteroatoms. The van der Waals surface area contributed by atoms with Gasteiger partial charge < -0.3 is 10.7 Å². The van der Waals surface area contributed by atoms with E-state index in [9.17, 15) is 0 Å². The number of hydrazine groups is 1. The van der Waals surface area contributed by atoms with Crippen molar-refractivity contribution in [2.45, 2.75) is 40.2 Å². The first kappa shape index (κ1) is 14.7. The maximum absolute atomic E-state index is 5.52. The van der Waals surface area contributed by atoms with Gasteiger partial charge in [0.2, 0.25) is 0 Å². The van der Waals surface area contributed by atoms with Crippen molar-refractivity contribution in [2.75, 3.05) is 10.7 Å². The molecule has 108 valence electrons. The lowest BCUT2D eigenvalue weighted by atomic mass is 10.2. The van der Waals surface area contributed by atoms with Crippen LogP contribution in [-0.2, 0) is 13.0 Å². The van der Waals surface area contributed by atoms with Gasteiger partial charge in [-0.15, -0.1) is 11.3 Å². The molecule has 4 N–H and O–H groups in total. The van der Waals surface area contributed by atoms with Crippen molar-refractivity contribution >= 4 is 23.0 Å². The molecule has 2 aromatic heterocycles. The van der Waals surface area contributed by atoms with E-state index in [4.69, 9.17) is 5.84 Å². The molecule has 2 heterocycles. The summed E-state index contributed by atoms with van der Waals surface area (Å²) in [5, 5.41) is 6.43. The molecule has 0 spiro atoms. The Kier molecular flexibility index (Phi) is 4.86. The second kappa shape index (κ2) is 6.62. The van der Waals surface area contributed by atoms with Crippen LogP contribution in [0.4, 0.5) is 11.6 Å². The number of aryl methyl sites for hydroxylation is 2. The Morgan fingerprint density at radius 2 is 1.95 bits per heavy atom. The van der Waals surface area contributed by atoms with Crippen molar-refractivity contribution in [1.29, 1.82) is 0 Å². The van der Waals surface area contributed by atoms with Crippen LogP contribution in [0, 0.1) is 13.8 Å². The number of rotatable bonds is 6. The van der Waals surface area contributed by atoms with Crippen LogP contribution in [0.5, 0.6) is 0 Å². The molecule has 0 atom stereocenters. The Morgan fingerprint density at radius 1 is 1.20 bits per heavy atom. The number of hydrogen-bond donors (Lipinski definition) is 3. The predicted molar refractivity (Wildman–Crippen MR) is 82.8 cm³/mol. The van der Waals surface area contributed by atoms with Crippen molar-refractivity contribution < 1.29 is 0 Å². The average Bonchev–Trinajstić information content (AvgIpc) is 2.85. The van der Waals surface area contributed by atoms with Gasteiger partial charge >= 0.3 is 0 Å². The first-order valence-electron chi connectivity index (χ1n) is 6.63. The number of anilines is 2. The van der Waals surface area contributed by atoms with Gasteiger partial charge in [-0.25, -0.2) is 20.8 Å². The van der Waals surface area contributed by atoms with Crippen molar-refractivity contribution in [3.05, 3.63) is 27.5 Å². The third-order valence-electron chi connectivity index (χ3n) is 2.91. The summed E-state index contributed by atoms with van der Waals surface area (Å²) >= 11 is 1.65. The Labute approximate surface area is 122 Å². The van der Waals surface area contributed by atoms with Gasteiger partial charge in [0.25, 0.3) is 0 Å². The lowest BCUT2D eigenvalue weighted by Gasteiger charge is -2.12. The highest BCUT2D eigenvalue weighted by Crippen LogP contribution is 2.20. The number of thiazole rings is 1. The largest absolute Gasteiger partial charge is 0.364 e. The fraction of sp³-hybridized carbons (Fsp3) is 0.462. The lowest BCUT2D eigenvalue weighted by Crippen LogP contribution is -2.15. The van der Waals surface area contributed by atoms with Crippen LogP contribution >= 0.6 is 11.3 Å². The molecule has 0 aromatic carbocycles. The zero-order valence-corrected chi connectivity index (χ0v) is 12.8. The van der Waals surface area contributed by atoms with E-state index in [2.05, 4.69) is 32.6 Å². The second-order valence-corrected chi connectivity index (χ2v) is 5.63. The average molecular weight is 292 g/mol. The molecule has 0 aliphatic carbocycles. The maximum Gasteiger partial charge on any atom is 0.148 e.